The molecule has 1 aromatic heterocycles. The number of benzene rings is 3. The number of carbonyl (C=O) groups excluding carboxylic acids is 3. The molecule has 1 heterocycles. The Balaban J connectivity index is 1.37. The molecule has 3 N–H and O–H groups in total. The number of aromatic amines is 1. The molecule has 8 nitrogen and oxygen atoms in total. The second kappa shape index (κ2) is 9.78. The minimum Gasteiger partial charge on any atom is -0.452 e. The van der Waals surface area contributed by atoms with Gasteiger partial charge in [-0.2, -0.15) is 5.10 Å². The molecule has 0 aliphatic carbocycles. The van der Waals surface area contributed by atoms with E-state index in [0.717, 1.165) is 10.9 Å². The monoisotopic (exact) mass is 442 g/mol. The number of hydrogen-bond donors (Lipinski definition) is 3. The van der Waals surface area contributed by atoms with Crippen LogP contribution in [-0.2, 0) is 9.53 Å². The Labute approximate surface area is 190 Å². The van der Waals surface area contributed by atoms with Crippen LogP contribution in [0.25, 0.3) is 10.9 Å². The van der Waals surface area contributed by atoms with E-state index >= 15 is 0 Å². The molecule has 166 valence electrons. The van der Waals surface area contributed by atoms with Gasteiger partial charge in [0.2, 0.25) is 0 Å². The van der Waals surface area contributed by atoms with Gasteiger partial charge in [-0.3, -0.25) is 14.7 Å². The van der Waals surface area contributed by atoms with Gasteiger partial charge in [-0.25, -0.2) is 4.79 Å². The van der Waals surface area contributed by atoms with E-state index in [1.54, 1.807) is 48.7 Å². The first kappa shape index (κ1) is 21.8. The molecular formula is C25H22N4O4. The maximum absolute atomic E-state index is 12.8. The number of anilines is 1. The van der Waals surface area contributed by atoms with Gasteiger partial charge in [-0.05, 0) is 36.8 Å². The lowest BCUT2D eigenvalue weighted by molar-refractivity contribution is -0.119. The number of esters is 1. The number of ether oxygens (including phenoxy) is 1. The Kier molecular flexibility index (Phi) is 6.45. The molecule has 0 aliphatic rings. The Morgan fingerprint density at radius 3 is 2.58 bits per heavy atom. The van der Waals surface area contributed by atoms with Gasteiger partial charge < -0.3 is 15.4 Å². The van der Waals surface area contributed by atoms with Crippen molar-refractivity contribution < 1.29 is 19.1 Å². The summed E-state index contributed by atoms with van der Waals surface area (Å²) in [6.07, 6.45) is 1.64. The second-order valence-electron chi connectivity index (χ2n) is 7.45. The topological polar surface area (TPSA) is 113 Å². The third-order valence-corrected chi connectivity index (χ3v) is 5.10. The number of amides is 2. The lowest BCUT2D eigenvalue weighted by Gasteiger charge is -2.16. The molecule has 0 bridgehead atoms. The Bertz CT molecular complexity index is 1300. The van der Waals surface area contributed by atoms with Crippen LogP contribution in [0.5, 0.6) is 0 Å². The summed E-state index contributed by atoms with van der Waals surface area (Å²) in [4.78, 5) is 37.5. The highest BCUT2D eigenvalue weighted by Crippen LogP contribution is 2.18. The first-order valence-corrected chi connectivity index (χ1v) is 10.4. The molecule has 1 atom stereocenters. The van der Waals surface area contributed by atoms with E-state index < -0.39 is 18.5 Å². The predicted octanol–water partition coefficient (Wildman–Crippen LogP) is 3.85. The lowest BCUT2D eigenvalue weighted by atomic mass is 10.1. The summed E-state index contributed by atoms with van der Waals surface area (Å²) in [5.74, 6) is -1.52. The quantitative estimate of drug-likeness (QED) is 0.376. The van der Waals surface area contributed by atoms with Crippen molar-refractivity contribution in [1.29, 1.82) is 0 Å². The summed E-state index contributed by atoms with van der Waals surface area (Å²) in [5.41, 5.74) is 2.60. The summed E-state index contributed by atoms with van der Waals surface area (Å²) >= 11 is 0. The number of H-pyrrole nitrogens is 1. The van der Waals surface area contributed by atoms with Gasteiger partial charge in [0.05, 0.1) is 34.6 Å². The number of rotatable bonds is 7. The van der Waals surface area contributed by atoms with Gasteiger partial charge in [0.15, 0.2) is 6.61 Å². The number of fused-ring (bicyclic) bond motifs is 1. The summed E-state index contributed by atoms with van der Waals surface area (Å²) in [6, 6.07) is 21.0. The third kappa shape index (κ3) is 5.24. The molecule has 3 aromatic carbocycles. The highest BCUT2D eigenvalue weighted by atomic mass is 16.5. The first-order valence-electron chi connectivity index (χ1n) is 10.4. The van der Waals surface area contributed by atoms with Gasteiger partial charge in [0, 0.05) is 5.39 Å². The molecule has 0 aliphatic heterocycles. The first-order chi connectivity index (χ1) is 16.0. The van der Waals surface area contributed by atoms with Crippen molar-refractivity contribution in [2.45, 2.75) is 13.0 Å². The minimum atomic E-state index is -0.635. The predicted molar refractivity (Wildman–Crippen MR) is 124 cm³/mol. The van der Waals surface area contributed by atoms with Crippen LogP contribution in [0.15, 0.2) is 79.0 Å². The molecule has 0 spiro atoms. The fourth-order valence-corrected chi connectivity index (χ4v) is 3.35. The largest absolute Gasteiger partial charge is 0.452 e. The van der Waals surface area contributed by atoms with E-state index in [9.17, 15) is 14.4 Å². The van der Waals surface area contributed by atoms with Gasteiger partial charge in [-0.1, -0.05) is 48.5 Å². The van der Waals surface area contributed by atoms with E-state index in [-0.39, 0.29) is 11.9 Å². The van der Waals surface area contributed by atoms with Crippen molar-refractivity contribution in [3.05, 3.63) is 95.7 Å². The summed E-state index contributed by atoms with van der Waals surface area (Å²) < 4.78 is 5.12. The Hall–Kier alpha value is -4.46. The number of nitrogens with zero attached hydrogens (tertiary/aromatic N) is 1. The third-order valence-electron chi connectivity index (χ3n) is 5.10. The fourth-order valence-electron chi connectivity index (χ4n) is 3.35. The SMILES string of the molecule is CC(NC(=O)c1ccccc1NC(=O)COC(=O)c1ccc2cn[nH]c2c1)c1ccccc1. The maximum Gasteiger partial charge on any atom is 0.338 e. The van der Waals surface area contributed by atoms with Crippen molar-refractivity contribution in [1.82, 2.24) is 15.5 Å². The molecule has 8 heteroatoms. The van der Waals surface area contributed by atoms with Crippen LogP contribution in [0, 0.1) is 0 Å². The number of aromatic nitrogens is 2. The molecule has 0 saturated heterocycles. The van der Waals surface area contributed by atoms with Gasteiger partial charge in [0.1, 0.15) is 0 Å². The zero-order valence-corrected chi connectivity index (χ0v) is 17.9. The summed E-state index contributed by atoms with van der Waals surface area (Å²) in [5, 5.41) is 13.1. The maximum atomic E-state index is 12.8. The van der Waals surface area contributed by atoms with Crippen LogP contribution in [0.3, 0.4) is 0 Å². The normalized spacial score (nSPS) is 11.5. The Morgan fingerprint density at radius 2 is 1.76 bits per heavy atom. The number of carbonyl (C=O) groups is 3. The van der Waals surface area contributed by atoms with Gasteiger partial charge in [-0.15, -0.1) is 0 Å². The standard InChI is InChI=1S/C25H22N4O4/c1-16(17-7-3-2-4-8-17)27-24(31)20-9-5-6-10-21(20)28-23(30)15-33-25(32)18-11-12-19-14-26-29-22(19)13-18/h2-14,16H,15H2,1H3,(H,26,29)(H,27,31)(H,28,30). The van der Waals surface area contributed by atoms with Crippen molar-refractivity contribution in [2.24, 2.45) is 0 Å². The van der Waals surface area contributed by atoms with Crippen molar-refractivity contribution in [3.8, 4) is 0 Å². The van der Waals surface area contributed by atoms with Crippen LogP contribution in [0.4, 0.5) is 5.69 Å². The van der Waals surface area contributed by atoms with E-state index in [2.05, 4.69) is 20.8 Å². The average molecular weight is 442 g/mol. The summed E-state index contributed by atoms with van der Waals surface area (Å²) in [6.45, 7) is 1.39. The van der Waals surface area contributed by atoms with Crippen molar-refractivity contribution >= 4 is 34.4 Å². The summed E-state index contributed by atoms with van der Waals surface area (Å²) in [7, 11) is 0. The molecule has 0 saturated carbocycles. The van der Waals surface area contributed by atoms with E-state index in [0.29, 0.717) is 22.3 Å². The van der Waals surface area contributed by atoms with E-state index in [1.165, 1.54) is 0 Å². The van der Waals surface area contributed by atoms with Crippen LogP contribution in [-0.4, -0.2) is 34.6 Å². The van der Waals surface area contributed by atoms with Crippen molar-refractivity contribution in [2.75, 3.05) is 11.9 Å². The Morgan fingerprint density at radius 1 is 1.00 bits per heavy atom. The minimum absolute atomic E-state index is 0.212. The zero-order valence-electron chi connectivity index (χ0n) is 17.9. The molecule has 0 fully saturated rings. The average Bonchev–Trinajstić information content (AvgIpc) is 3.31. The molecular weight excluding hydrogens is 420 g/mol. The molecule has 4 aromatic rings. The molecule has 33 heavy (non-hydrogen) atoms. The van der Waals surface area contributed by atoms with E-state index in [1.807, 2.05) is 37.3 Å². The van der Waals surface area contributed by atoms with Gasteiger partial charge >= 0.3 is 5.97 Å². The smallest absolute Gasteiger partial charge is 0.338 e. The molecule has 4 rings (SSSR count). The number of hydrogen-bond acceptors (Lipinski definition) is 5. The highest BCUT2D eigenvalue weighted by Gasteiger charge is 2.17. The van der Waals surface area contributed by atoms with Crippen molar-refractivity contribution in [3.63, 3.8) is 0 Å². The highest BCUT2D eigenvalue weighted by molar-refractivity contribution is 6.04. The molecule has 0 radical (unpaired) electrons. The lowest BCUT2D eigenvalue weighted by Crippen LogP contribution is -2.28. The fraction of sp³-hybridized carbons (Fsp3) is 0.120. The molecule has 2 amide bonds. The second-order valence-corrected chi connectivity index (χ2v) is 7.45. The van der Waals surface area contributed by atoms with Gasteiger partial charge in [0.25, 0.3) is 11.8 Å². The van der Waals surface area contributed by atoms with Crippen LogP contribution >= 0.6 is 0 Å². The number of para-hydroxylation sites is 1. The number of nitrogens with one attached hydrogen (secondary N) is 3. The molecule has 1 unspecified atom stereocenters. The van der Waals surface area contributed by atoms with E-state index in [4.69, 9.17) is 4.74 Å². The zero-order chi connectivity index (χ0) is 23.2. The van der Waals surface area contributed by atoms with Crippen LogP contribution < -0.4 is 10.6 Å². The van der Waals surface area contributed by atoms with Crippen LogP contribution in [0.2, 0.25) is 0 Å². The van der Waals surface area contributed by atoms with Crippen LogP contribution in [0.1, 0.15) is 39.2 Å².